The molecule has 132 valence electrons. The van der Waals surface area contributed by atoms with Crippen molar-refractivity contribution in [1.82, 2.24) is 0 Å². The van der Waals surface area contributed by atoms with Gasteiger partial charge in [-0.1, -0.05) is 36.8 Å². The molecule has 0 heterocycles. The lowest BCUT2D eigenvalue weighted by molar-refractivity contribution is -0.197. The summed E-state index contributed by atoms with van der Waals surface area (Å²) in [5, 5.41) is 2.57. The quantitative estimate of drug-likeness (QED) is 0.781. The summed E-state index contributed by atoms with van der Waals surface area (Å²) < 4.78 is 47.5. The van der Waals surface area contributed by atoms with Crippen molar-refractivity contribution in [3.05, 3.63) is 42.5 Å². The fourth-order valence-corrected chi connectivity index (χ4v) is 6.16. The first kappa shape index (κ1) is 15.3. The molecule has 1 amide bonds. The van der Waals surface area contributed by atoms with Gasteiger partial charge < -0.3 is 4.74 Å². The highest BCUT2D eigenvalue weighted by Gasteiger charge is 2.97. The molecule has 25 heavy (non-hydrogen) atoms. The highest BCUT2D eigenvalue weighted by Crippen LogP contribution is 2.87. The smallest absolute Gasteiger partial charge is 0.412 e. The van der Waals surface area contributed by atoms with Gasteiger partial charge in [-0.25, -0.2) is 4.79 Å². The summed E-state index contributed by atoms with van der Waals surface area (Å²) in [6.07, 6.45) is 0.453. The number of para-hydroxylation sites is 1. The number of ether oxygens (including phenoxy) is 1. The second-order valence-electron chi connectivity index (χ2n) is 7.66. The van der Waals surface area contributed by atoms with Crippen molar-refractivity contribution in [2.75, 3.05) is 5.32 Å². The molecule has 3 unspecified atom stereocenters. The molecule has 6 atom stereocenters. The van der Waals surface area contributed by atoms with Crippen LogP contribution < -0.4 is 5.32 Å². The Bertz CT molecular complexity index is 762. The lowest BCUT2D eigenvalue weighted by Crippen LogP contribution is -2.40. The molecule has 6 heteroatoms. The van der Waals surface area contributed by atoms with E-state index in [1.54, 1.807) is 36.4 Å². The van der Waals surface area contributed by atoms with Crippen LogP contribution in [-0.4, -0.2) is 17.9 Å². The average molecular weight is 349 g/mol. The number of amides is 1. The first-order valence-electron chi connectivity index (χ1n) is 8.73. The molecule has 0 aromatic heterocycles. The van der Waals surface area contributed by atoms with Gasteiger partial charge >= 0.3 is 12.3 Å². The van der Waals surface area contributed by atoms with Gasteiger partial charge in [0.1, 0.15) is 11.0 Å². The van der Waals surface area contributed by atoms with E-state index < -0.39 is 29.2 Å². The average Bonchev–Trinajstić information content (AvgIpc) is 2.85. The molecular weight excluding hydrogens is 331 g/mol. The van der Waals surface area contributed by atoms with Crippen molar-refractivity contribution < 1.29 is 22.7 Å². The van der Waals surface area contributed by atoms with E-state index in [2.05, 4.69) is 5.32 Å². The van der Waals surface area contributed by atoms with Crippen molar-refractivity contribution in [2.45, 2.75) is 31.0 Å². The van der Waals surface area contributed by atoms with Crippen molar-refractivity contribution in [2.24, 2.45) is 29.1 Å². The molecule has 0 radical (unpaired) electrons. The summed E-state index contributed by atoms with van der Waals surface area (Å²) in [5.74, 6) is -0.716. The van der Waals surface area contributed by atoms with E-state index in [-0.39, 0.29) is 17.8 Å². The van der Waals surface area contributed by atoms with Gasteiger partial charge in [-0.2, -0.15) is 13.2 Å². The van der Waals surface area contributed by atoms with Crippen LogP contribution in [0.25, 0.3) is 0 Å². The van der Waals surface area contributed by atoms with E-state index in [1.165, 1.54) is 6.08 Å². The Hall–Kier alpha value is -1.98. The molecule has 0 saturated heterocycles. The van der Waals surface area contributed by atoms with Crippen molar-refractivity contribution >= 4 is 11.8 Å². The maximum absolute atomic E-state index is 14.0. The maximum Gasteiger partial charge on any atom is 0.412 e. The SMILES string of the molecule is O=C(Nc1ccccc1)O[C@@]12C3C=CC1(C(F)(F)F)C2[C@H]1CCC[C@@H]31. The number of fused-ring (bicyclic) bond motifs is 4. The molecule has 0 bridgehead atoms. The van der Waals surface area contributed by atoms with Crippen LogP contribution in [0, 0.1) is 29.1 Å². The number of alkyl halides is 3. The van der Waals surface area contributed by atoms with Crippen molar-refractivity contribution in [3.63, 3.8) is 0 Å². The maximum atomic E-state index is 14.0. The third-order valence-corrected chi connectivity index (χ3v) is 6.84. The number of benzene rings is 1. The zero-order valence-corrected chi connectivity index (χ0v) is 13.4. The number of halogens is 3. The molecule has 4 aliphatic carbocycles. The zero-order chi connectivity index (χ0) is 17.4. The van der Waals surface area contributed by atoms with Crippen LogP contribution in [0.5, 0.6) is 0 Å². The number of carbonyl (C=O) groups is 1. The molecule has 1 aromatic carbocycles. The minimum absolute atomic E-state index is 0.00569. The molecule has 1 aromatic rings. The first-order chi connectivity index (χ1) is 11.9. The highest BCUT2D eigenvalue weighted by molar-refractivity contribution is 5.85. The van der Waals surface area contributed by atoms with E-state index in [0.29, 0.717) is 5.69 Å². The lowest BCUT2D eigenvalue weighted by atomic mass is 9.82. The summed E-state index contributed by atoms with van der Waals surface area (Å²) in [5.41, 5.74) is -2.90. The molecule has 3 fully saturated rings. The second-order valence-corrected chi connectivity index (χ2v) is 7.66. The summed E-state index contributed by atoms with van der Waals surface area (Å²) in [7, 11) is 0. The molecule has 1 N–H and O–H groups in total. The number of anilines is 1. The zero-order valence-electron chi connectivity index (χ0n) is 13.4. The largest absolute Gasteiger partial charge is 0.440 e. The van der Waals surface area contributed by atoms with Gasteiger partial charge in [0, 0.05) is 17.5 Å². The summed E-state index contributed by atoms with van der Waals surface area (Å²) in [6.45, 7) is 0. The van der Waals surface area contributed by atoms with E-state index in [0.717, 1.165) is 19.3 Å². The lowest BCUT2D eigenvalue weighted by Gasteiger charge is -2.29. The minimum Gasteiger partial charge on any atom is -0.440 e. The second kappa shape index (κ2) is 4.59. The van der Waals surface area contributed by atoms with Gasteiger partial charge in [-0.3, -0.25) is 5.32 Å². The molecular formula is C19H18F3NO2. The van der Waals surface area contributed by atoms with Crippen molar-refractivity contribution in [3.8, 4) is 0 Å². The number of hydrogen-bond acceptors (Lipinski definition) is 2. The molecule has 0 aliphatic heterocycles. The van der Waals surface area contributed by atoms with Crippen LogP contribution >= 0.6 is 0 Å². The van der Waals surface area contributed by atoms with Gasteiger partial charge in [0.25, 0.3) is 0 Å². The Balaban J connectivity index is 1.46. The minimum atomic E-state index is -4.40. The van der Waals surface area contributed by atoms with E-state index in [9.17, 15) is 18.0 Å². The Morgan fingerprint density at radius 2 is 1.88 bits per heavy atom. The fourth-order valence-electron chi connectivity index (χ4n) is 6.16. The van der Waals surface area contributed by atoms with Crippen LogP contribution in [0.1, 0.15) is 19.3 Å². The fraction of sp³-hybridized carbons (Fsp3) is 0.526. The monoisotopic (exact) mass is 349 g/mol. The Morgan fingerprint density at radius 1 is 1.16 bits per heavy atom. The molecule has 3 saturated carbocycles. The van der Waals surface area contributed by atoms with Gasteiger partial charge in [-0.15, -0.1) is 0 Å². The van der Waals surface area contributed by atoms with Gasteiger partial charge in [0.2, 0.25) is 0 Å². The van der Waals surface area contributed by atoms with Crippen LogP contribution in [-0.2, 0) is 4.74 Å². The number of rotatable bonds is 2. The van der Waals surface area contributed by atoms with Crippen LogP contribution in [0.2, 0.25) is 0 Å². The van der Waals surface area contributed by atoms with Crippen LogP contribution in [0.4, 0.5) is 23.7 Å². The van der Waals surface area contributed by atoms with Crippen molar-refractivity contribution in [1.29, 1.82) is 0 Å². The summed E-state index contributed by atoms with van der Waals surface area (Å²) in [6, 6.07) is 8.65. The molecule has 0 spiro atoms. The molecule has 3 nitrogen and oxygen atoms in total. The molecule has 5 rings (SSSR count). The molecule has 4 aliphatic rings. The predicted molar refractivity (Wildman–Crippen MR) is 84.7 cm³/mol. The number of hydrogen-bond donors (Lipinski definition) is 1. The van der Waals surface area contributed by atoms with E-state index >= 15 is 0 Å². The van der Waals surface area contributed by atoms with E-state index in [1.807, 2.05) is 0 Å². The van der Waals surface area contributed by atoms with Crippen LogP contribution in [0.3, 0.4) is 0 Å². The topological polar surface area (TPSA) is 38.3 Å². The van der Waals surface area contributed by atoms with Gasteiger partial charge in [-0.05, 0) is 36.8 Å². The standard InChI is InChI=1S/C19H18F3NO2/c20-19(21,22)17-10-9-14-12-7-4-8-13(12)15(17)18(14,17)25-16(24)23-11-5-2-1-3-6-11/h1-3,5-6,9-10,12-15H,4,7-8H2,(H,23,24)/t12-,13+,14?,15?,17?,18-/m1/s1. The van der Waals surface area contributed by atoms with E-state index in [4.69, 9.17) is 4.74 Å². The summed E-state index contributed by atoms with van der Waals surface area (Å²) in [4.78, 5) is 12.4. The number of nitrogens with one attached hydrogen (secondary N) is 1. The third-order valence-electron chi connectivity index (χ3n) is 6.84. The predicted octanol–water partition coefficient (Wildman–Crippen LogP) is 4.77. The first-order valence-corrected chi connectivity index (χ1v) is 8.73. The highest BCUT2D eigenvalue weighted by atomic mass is 19.4. The Labute approximate surface area is 143 Å². The normalized spacial score (nSPS) is 42.8. The Kier molecular flexibility index (Phi) is 2.81. The van der Waals surface area contributed by atoms with Crippen LogP contribution in [0.15, 0.2) is 42.5 Å². The summed E-state index contributed by atoms with van der Waals surface area (Å²) >= 11 is 0. The van der Waals surface area contributed by atoms with Gasteiger partial charge in [0.05, 0.1) is 0 Å². The van der Waals surface area contributed by atoms with Gasteiger partial charge in [0.15, 0.2) is 0 Å². The third kappa shape index (κ3) is 1.66. The number of carbonyl (C=O) groups excluding carboxylic acids is 1. The Morgan fingerprint density at radius 3 is 2.60 bits per heavy atom.